The van der Waals surface area contributed by atoms with Crippen LogP contribution in [0.4, 0.5) is 0 Å². The van der Waals surface area contributed by atoms with E-state index in [4.69, 9.17) is 9.47 Å². The molecule has 1 aromatic heterocycles. The normalized spacial score (nSPS) is 12.1. The smallest absolute Gasteiger partial charge is 0.246 e. The minimum Gasteiger partial charge on any atom is -0.382 e. The van der Waals surface area contributed by atoms with Crippen LogP contribution < -0.4 is 5.32 Å². The molecule has 0 aliphatic carbocycles. The summed E-state index contributed by atoms with van der Waals surface area (Å²) in [6, 6.07) is 5.48. The number of pyridine rings is 1. The lowest BCUT2D eigenvalue weighted by atomic mass is 10.2. The molecule has 1 atom stereocenters. The van der Waals surface area contributed by atoms with E-state index in [0.717, 1.165) is 5.69 Å². The number of hydrogen-bond donors (Lipinski definition) is 1. The molecule has 1 rings (SSSR count). The van der Waals surface area contributed by atoms with Crippen LogP contribution in [0.15, 0.2) is 24.4 Å². The van der Waals surface area contributed by atoms with Crippen LogP contribution in [-0.2, 0) is 14.3 Å². The summed E-state index contributed by atoms with van der Waals surface area (Å²) in [5.41, 5.74) is 0.831. The molecule has 0 bridgehead atoms. The largest absolute Gasteiger partial charge is 0.382 e. The van der Waals surface area contributed by atoms with E-state index in [1.807, 2.05) is 25.1 Å². The minimum atomic E-state index is -0.153. The highest BCUT2D eigenvalue weighted by molar-refractivity contribution is 5.77. The van der Waals surface area contributed by atoms with Crippen LogP contribution in [0, 0.1) is 0 Å². The zero-order valence-corrected chi connectivity index (χ0v) is 10.2. The number of nitrogens with one attached hydrogen (secondary N) is 1. The number of aromatic nitrogens is 1. The van der Waals surface area contributed by atoms with Crippen LogP contribution in [0.3, 0.4) is 0 Å². The summed E-state index contributed by atoms with van der Waals surface area (Å²) in [6.07, 6.45) is 1.70. The third kappa shape index (κ3) is 5.42. The van der Waals surface area contributed by atoms with Gasteiger partial charge in [-0.1, -0.05) is 6.07 Å². The first kappa shape index (κ1) is 13.6. The Balaban J connectivity index is 2.26. The fourth-order valence-corrected chi connectivity index (χ4v) is 1.30. The highest BCUT2D eigenvalue weighted by Gasteiger charge is 2.09. The first-order chi connectivity index (χ1) is 8.24. The fraction of sp³-hybridized carbons (Fsp3) is 0.500. The van der Waals surface area contributed by atoms with Crippen molar-refractivity contribution in [3.63, 3.8) is 0 Å². The van der Waals surface area contributed by atoms with Crippen LogP contribution in [0.2, 0.25) is 0 Å². The third-order valence-corrected chi connectivity index (χ3v) is 2.17. The second-order valence-electron chi connectivity index (χ2n) is 3.59. The number of hydrogen-bond acceptors (Lipinski definition) is 4. The second-order valence-corrected chi connectivity index (χ2v) is 3.59. The van der Waals surface area contributed by atoms with E-state index in [9.17, 15) is 4.79 Å². The molecule has 0 aliphatic heterocycles. The Labute approximate surface area is 101 Å². The molecule has 0 aliphatic rings. The topological polar surface area (TPSA) is 60.5 Å². The molecule has 0 spiro atoms. The molecule has 0 unspecified atom stereocenters. The van der Waals surface area contributed by atoms with Gasteiger partial charge in [0.2, 0.25) is 5.91 Å². The van der Waals surface area contributed by atoms with E-state index < -0.39 is 0 Å². The van der Waals surface area contributed by atoms with E-state index in [-0.39, 0.29) is 18.6 Å². The average Bonchev–Trinajstić information content (AvgIpc) is 2.36. The van der Waals surface area contributed by atoms with Gasteiger partial charge in [-0.2, -0.15) is 0 Å². The quantitative estimate of drug-likeness (QED) is 0.718. The molecular weight excluding hydrogens is 220 g/mol. The van der Waals surface area contributed by atoms with Crippen LogP contribution in [0.1, 0.15) is 18.7 Å². The summed E-state index contributed by atoms with van der Waals surface area (Å²) in [5.74, 6) is -0.153. The molecule has 94 valence electrons. The van der Waals surface area contributed by atoms with Gasteiger partial charge in [0.25, 0.3) is 0 Å². The molecule has 0 aromatic carbocycles. The van der Waals surface area contributed by atoms with Gasteiger partial charge in [0.15, 0.2) is 0 Å². The summed E-state index contributed by atoms with van der Waals surface area (Å²) in [4.78, 5) is 15.7. The van der Waals surface area contributed by atoms with Gasteiger partial charge >= 0.3 is 0 Å². The molecule has 1 heterocycles. The lowest BCUT2D eigenvalue weighted by Gasteiger charge is -2.13. The molecule has 5 heteroatoms. The zero-order chi connectivity index (χ0) is 12.5. The highest BCUT2D eigenvalue weighted by atomic mass is 16.5. The Bertz CT molecular complexity index is 330. The standard InChI is InChI=1S/C12H18N2O3/c1-10(11-5-3-4-6-13-11)14-12(15)9-17-8-7-16-2/h3-6,10H,7-9H2,1-2H3,(H,14,15)/t10-/m1/s1. The van der Waals surface area contributed by atoms with E-state index in [1.54, 1.807) is 13.3 Å². The molecular formula is C12H18N2O3. The minimum absolute atomic E-state index is 0.0422. The van der Waals surface area contributed by atoms with Crippen LogP contribution in [0.5, 0.6) is 0 Å². The number of carbonyl (C=O) groups is 1. The van der Waals surface area contributed by atoms with Gasteiger partial charge in [0.1, 0.15) is 6.61 Å². The monoisotopic (exact) mass is 238 g/mol. The van der Waals surface area contributed by atoms with Crippen molar-refractivity contribution in [1.82, 2.24) is 10.3 Å². The molecule has 0 saturated carbocycles. The van der Waals surface area contributed by atoms with E-state index in [2.05, 4.69) is 10.3 Å². The average molecular weight is 238 g/mol. The van der Waals surface area contributed by atoms with Crippen molar-refractivity contribution >= 4 is 5.91 Å². The maximum Gasteiger partial charge on any atom is 0.246 e. The number of carbonyl (C=O) groups excluding carboxylic acids is 1. The molecule has 5 nitrogen and oxygen atoms in total. The lowest BCUT2D eigenvalue weighted by molar-refractivity contribution is -0.126. The van der Waals surface area contributed by atoms with Crippen molar-refractivity contribution < 1.29 is 14.3 Å². The number of ether oxygens (including phenoxy) is 2. The Kier molecular flexibility index (Phi) is 6.21. The Hall–Kier alpha value is -1.46. The van der Waals surface area contributed by atoms with Crippen LogP contribution >= 0.6 is 0 Å². The number of amides is 1. The van der Waals surface area contributed by atoms with Gasteiger partial charge in [0, 0.05) is 13.3 Å². The van der Waals surface area contributed by atoms with Crippen molar-refractivity contribution in [2.45, 2.75) is 13.0 Å². The van der Waals surface area contributed by atoms with Crippen molar-refractivity contribution in [2.24, 2.45) is 0 Å². The maximum absolute atomic E-state index is 11.5. The van der Waals surface area contributed by atoms with Gasteiger partial charge < -0.3 is 14.8 Å². The van der Waals surface area contributed by atoms with Gasteiger partial charge in [-0.3, -0.25) is 9.78 Å². The Morgan fingerprint density at radius 1 is 1.47 bits per heavy atom. The lowest BCUT2D eigenvalue weighted by Crippen LogP contribution is -2.31. The molecule has 17 heavy (non-hydrogen) atoms. The fourth-order valence-electron chi connectivity index (χ4n) is 1.30. The number of rotatable bonds is 7. The van der Waals surface area contributed by atoms with Crippen LogP contribution in [0.25, 0.3) is 0 Å². The predicted molar refractivity (Wildman–Crippen MR) is 63.5 cm³/mol. The summed E-state index contributed by atoms with van der Waals surface area (Å²) in [7, 11) is 1.59. The number of nitrogens with zero attached hydrogens (tertiary/aromatic N) is 1. The van der Waals surface area contributed by atoms with Gasteiger partial charge in [-0.25, -0.2) is 0 Å². The molecule has 0 saturated heterocycles. The molecule has 1 N–H and O–H groups in total. The van der Waals surface area contributed by atoms with Crippen molar-refractivity contribution in [3.8, 4) is 0 Å². The zero-order valence-electron chi connectivity index (χ0n) is 10.2. The van der Waals surface area contributed by atoms with E-state index >= 15 is 0 Å². The predicted octanol–water partition coefficient (Wildman–Crippen LogP) is 0.922. The van der Waals surface area contributed by atoms with Gasteiger partial charge in [-0.15, -0.1) is 0 Å². The number of methoxy groups -OCH3 is 1. The van der Waals surface area contributed by atoms with Crippen LogP contribution in [-0.4, -0.2) is 37.8 Å². The highest BCUT2D eigenvalue weighted by Crippen LogP contribution is 2.07. The third-order valence-electron chi connectivity index (χ3n) is 2.17. The summed E-state index contributed by atoms with van der Waals surface area (Å²) < 4.78 is 9.92. The van der Waals surface area contributed by atoms with Crippen molar-refractivity contribution in [2.75, 3.05) is 26.9 Å². The molecule has 1 amide bonds. The first-order valence-electron chi connectivity index (χ1n) is 5.51. The summed E-state index contributed by atoms with van der Waals surface area (Å²) in [5, 5.41) is 2.81. The Morgan fingerprint density at radius 2 is 2.29 bits per heavy atom. The molecule has 0 fully saturated rings. The summed E-state index contributed by atoms with van der Waals surface area (Å²) in [6.45, 7) is 2.83. The Morgan fingerprint density at radius 3 is 2.94 bits per heavy atom. The van der Waals surface area contributed by atoms with Crippen molar-refractivity contribution in [3.05, 3.63) is 30.1 Å². The van der Waals surface area contributed by atoms with Crippen molar-refractivity contribution in [1.29, 1.82) is 0 Å². The van der Waals surface area contributed by atoms with E-state index in [0.29, 0.717) is 13.2 Å². The summed E-state index contributed by atoms with van der Waals surface area (Å²) >= 11 is 0. The maximum atomic E-state index is 11.5. The van der Waals surface area contributed by atoms with Gasteiger partial charge in [-0.05, 0) is 19.1 Å². The SMILES string of the molecule is COCCOCC(=O)N[C@H](C)c1ccccn1. The van der Waals surface area contributed by atoms with Gasteiger partial charge in [0.05, 0.1) is 24.9 Å². The molecule has 0 radical (unpaired) electrons. The first-order valence-corrected chi connectivity index (χ1v) is 5.51. The van der Waals surface area contributed by atoms with E-state index in [1.165, 1.54) is 0 Å². The molecule has 1 aromatic rings. The second kappa shape index (κ2) is 7.76.